The van der Waals surface area contributed by atoms with Crippen molar-refractivity contribution in [2.45, 2.75) is 20.3 Å². The molecular weight excluding hydrogens is 464 g/mol. The fourth-order valence-corrected chi connectivity index (χ4v) is 4.42. The number of amides is 1. The number of anilines is 3. The Hall–Kier alpha value is -4.53. The van der Waals surface area contributed by atoms with Crippen LogP contribution in [0.4, 0.5) is 17.5 Å². The van der Waals surface area contributed by atoms with E-state index in [-0.39, 0.29) is 5.91 Å². The highest BCUT2D eigenvalue weighted by atomic mass is 16.2. The maximum absolute atomic E-state index is 13.2. The Morgan fingerprint density at radius 2 is 1.95 bits per heavy atom. The number of hydrogen-bond donors (Lipinski definition) is 2. The normalized spacial score (nSPS) is 14.5. The van der Waals surface area contributed by atoms with E-state index in [2.05, 4.69) is 42.1 Å². The first-order valence-corrected chi connectivity index (χ1v) is 12.5. The third-order valence-corrected chi connectivity index (χ3v) is 6.23. The van der Waals surface area contributed by atoms with Crippen LogP contribution in [-0.2, 0) is 0 Å². The highest BCUT2D eigenvalue weighted by Crippen LogP contribution is 2.24. The van der Waals surface area contributed by atoms with Crippen molar-refractivity contribution in [2.75, 3.05) is 36.4 Å². The molecule has 9 nitrogen and oxygen atoms in total. The van der Waals surface area contributed by atoms with E-state index in [1.54, 1.807) is 18.6 Å². The van der Waals surface area contributed by atoms with Crippen molar-refractivity contribution in [2.24, 2.45) is 4.99 Å². The molecule has 5 rings (SSSR count). The average molecular weight is 495 g/mol. The maximum atomic E-state index is 13.2. The molecule has 0 bridgehead atoms. The van der Waals surface area contributed by atoms with E-state index in [0.29, 0.717) is 24.7 Å². The predicted octanol–water partition coefficient (Wildman–Crippen LogP) is 4.90. The number of aliphatic imine (C=N–C) groups is 1. The number of H-pyrrole nitrogens is 1. The molecule has 188 valence electrons. The zero-order valence-corrected chi connectivity index (χ0v) is 21.1. The van der Waals surface area contributed by atoms with E-state index in [1.165, 1.54) is 0 Å². The highest BCUT2D eigenvalue weighted by Gasteiger charge is 2.24. The number of nitrogens with one attached hydrogen (secondary N) is 2. The second-order valence-corrected chi connectivity index (χ2v) is 8.73. The van der Waals surface area contributed by atoms with Crippen LogP contribution in [0, 0.1) is 0 Å². The van der Waals surface area contributed by atoms with E-state index in [1.807, 2.05) is 66.4 Å². The summed E-state index contributed by atoms with van der Waals surface area (Å²) in [6.07, 6.45) is 8.18. The van der Waals surface area contributed by atoms with Crippen molar-refractivity contribution >= 4 is 46.2 Å². The Bertz CT molecular complexity index is 1440. The van der Waals surface area contributed by atoms with Gasteiger partial charge in [0.2, 0.25) is 5.95 Å². The topological polar surface area (TPSA) is 102 Å². The quantitative estimate of drug-likeness (QED) is 0.354. The fourth-order valence-electron chi connectivity index (χ4n) is 4.42. The lowest BCUT2D eigenvalue weighted by Gasteiger charge is -2.35. The first-order chi connectivity index (χ1) is 18.1. The monoisotopic (exact) mass is 494 g/mol. The van der Waals surface area contributed by atoms with Gasteiger partial charge in [-0.15, -0.1) is 0 Å². The maximum Gasteiger partial charge on any atom is 0.270 e. The third kappa shape index (κ3) is 5.50. The summed E-state index contributed by atoms with van der Waals surface area (Å²) in [5.41, 5.74) is 3.91. The van der Waals surface area contributed by atoms with Gasteiger partial charge in [0, 0.05) is 61.4 Å². The largest absolute Gasteiger partial charge is 0.353 e. The van der Waals surface area contributed by atoms with Crippen molar-refractivity contribution in [1.29, 1.82) is 0 Å². The standard InChI is InChI=1S/C28H30N8O/c1-3-7-23(29-4-2)24-11-13-31-28(34-24)32-21-9-10-22-20(18-21)19-25(33-22)27(37)36-16-14-35(15-17-36)26-8-5-6-12-30-26/h4-13,18-19,33H,3,14-17H2,1-2H3,(H,31,32,34)/b23-7-,29-4?. The van der Waals surface area contributed by atoms with Crippen LogP contribution in [0.25, 0.3) is 16.6 Å². The van der Waals surface area contributed by atoms with Crippen molar-refractivity contribution in [1.82, 2.24) is 24.8 Å². The molecule has 1 aliphatic heterocycles. The van der Waals surface area contributed by atoms with Crippen LogP contribution in [0.3, 0.4) is 0 Å². The lowest BCUT2D eigenvalue weighted by atomic mass is 10.2. The van der Waals surface area contributed by atoms with Crippen molar-refractivity contribution < 1.29 is 4.79 Å². The van der Waals surface area contributed by atoms with Gasteiger partial charge in [0.1, 0.15) is 11.5 Å². The number of pyridine rings is 1. The average Bonchev–Trinajstić information content (AvgIpc) is 3.37. The molecule has 0 spiro atoms. The zero-order chi connectivity index (χ0) is 25.6. The summed E-state index contributed by atoms with van der Waals surface area (Å²) < 4.78 is 0. The Kier molecular flexibility index (Phi) is 7.21. The minimum Gasteiger partial charge on any atom is -0.353 e. The van der Waals surface area contributed by atoms with Gasteiger partial charge in [-0.3, -0.25) is 9.79 Å². The van der Waals surface area contributed by atoms with Crippen molar-refractivity contribution in [3.63, 3.8) is 0 Å². The number of benzene rings is 1. The lowest BCUT2D eigenvalue weighted by molar-refractivity contribution is 0.0741. The van der Waals surface area contributed by atoms with Gasteiger partial charge in [-0.05, 0) is 55.8 Å². The second-order valence-electron chi connectivity index (χ2n) is 8.73. The fraction of sp³-hybridized carbons (Fsp3) is 0.250. The summed E-state index contributed by atoms with van der Waals surface area (Å²) in [7, 11) is 0. The van der Waals surface area contributed by atoms with Gasteiger partial charge in [-0.25, -0.2) is 15.0 Å². The molecule has 0 radical (unpaired) electrons. The predicted molar refractivity (Wildman–Crippen MR) is 148 cm³/mol. The van der Waals surface area contributed by atoms with E-state index >= 15 is 0 Å². The molecule has 1 fully saturated rings. The summed E-state index contributed by atoms with van der Waals surface area (Å²) in [6, 6.07) is 15.5. The number of hydrogen-bond acceptors (Lipinski definition) is 7. The molecular formula is C28H30N8O. The van der Waals surface area contributed by atoms with Gasteiger partial charge in [0.05, 0.1) is 11.4 Å². The molecule has 4 heterocycles. The first-order valence-electron chi connectivity index (χ1n) is 12.5. The number of rotatable bonds is 7. The number of nitrogens with zero attached hydrogens (tertiary/aromatic N) is 6. The third-order valence-electron chi connectivity index (χ3n) is 6.23. The number of carbonyl (C=O) groups is 1. The summed E-state index contributed by atoms with van der Waals surface area (Å²) in [5.74, 6) is 1.45. The van der Waals surface area contributed by atoms with Crippen molar-refractivity contribution in [3.8, 4) is 0 Å². The van der Waals surface area contributed by atoms with Crippen LogP contribution in [0.1, 0.15) is 36.5 Å². The summed E-state index contributed by atoms with van der Waals surface area (Å²) in [5, 5.41) is 4.22. The summed E-state index contributed by atoms with van der Waals surface area (Å²) in [4.78, 5) is 38.4. The molecule has 2 N–H and O–H groups in total. The number of allylic oxidation sites excluding steroid dienone is 1. The zero-order valence-electron chi connectivity index (χ0n) is 21.1. The Morgan fingerprint density at radius 3 is 2.70 bits per heavy atom. The molecule has 0 aliphatic carbocycles. The smallest absolute Gasteiger partial charge is 0.270 e. The molecule has 0 unspecified atom stereocenters. The molecule has 37 heavy (non-hydrogen) atoms. The minimum atomic E-state index is 0.00846. The molecule has 1 aliphatic rings. The van der Waals surface area contributed by atoms with E-state index in [9.17, 15) is 4.79 Å². The van der Waals surface area contributed by atoms with Gasteiger partial charge in [-0.1, -0.05) is 19.1 Å². The van der Waals surface area contributed by atoms with Gasteiger partial charge in [0.25, 0.3) is 5.91 Å². The number of carbonyl (C=O) groups excluding carboxylic acids is 1. The molecule has 1 aromatic carbocycles. The van der Waals surface area contributed by atoms with Gasteiger partial charge in [-0.2, -0.15) is 0 Å². The van der Waals surface area contributed by atoms with Crippen LogP contribution < -0.4 is 10.2 Å². The highest BCUT2D eigenvalue weighted by molar-refractivity contribution is 5.99. The molecule has 1 amide bonds. The molecule has 0 saturated carbocycles. The Labute approximate surface area is 216 Å². The first kappa shape index (κ1) is 24.2. The molecule has 3 aromatic heterocycles. The Morgan fingerprint density at radius 1 is 1.08 bits per heavy atom. The number of fused-ring (bicyclic) bond motifs is 1. The molecule has 0 atom stereocenters. The summed E-state index contributed by atoms with van der Waals surface area (Å²) in [6.45, 7) is 6.78. The second kappa shape index (κ2) is 11.0. The van der Waals surface area contributed by atoms with Crippen LogP contribution in [-0.4, -0.2) is 63.1 Å². The molecule has 1 saturated heterocycles. The summed E-state index contributed by atoms with van der Waals surface area (Å²) >= 11 is 0. The van der Waals surface area contributed by atoms with Crippen LogP contribution in [0.15, 0.2) is 72.0 Å². The van der Waals surface area contributed by atoms with Gasteiger partial charge >= 0.3 is 0 Å². The van der Waals surface area contributed by atoms with Gasteiger partial charge < -0.3 is 20.1 Å². The molecule has 9 heteroatoms. The Balaban J connectivity index is 1.28. The van der Waals surface area contributed by atoms with Crippen LogP contribution in [0.5, 0.6) is 0 Å². The molecule has 4 aromatic rings. The SMILES string of the molecule is CC=N/C(=C\CC)c1ccnc(Nc2ccc3[nH]c(C(=O)N4CCN(c5ccccn5)CC4)cc3c2)n1. The number of aromatic amines is 1. The number of piperazine rings is 1. The van der Waals surface area contributed by atoms with Crippen LogP contribution in [0.2, 0.25) is 0 Å². The van der Waals surface area contributed by atoms with Crippen molar-refractivity contribution in [3.05, 3.63) is 78.4 Å². The van der Waals surface area contributed by atoms with Gasteiger partial charge in [0.15, 0.2) is 0 Å². The van der Waals surface area contributed by atoms with E-state index < -0.39 is 0 Å². The van der Waals surface area contributed by atoms with E-state index in [0.717, 1.165) is 53.3 Å². The minimum absolute atomic E-state index is 0.00846. The number of aromatic nitrogens is 4. The van der Waals surface area contributed by atoms with Crippen LogP contribution >= 0.6 is 0 Å². The van der Waals surface area contributed by atoms with E-state index in [4.69, 9.17) is 0 Å². The lowest BCUT2D eigenvalue weighted by Crippen LogP contribution is -2.49.